The van der Waals surface area contributed by atoms with Crippen LogP contribution in [-0.2, 0) is 15.8 Å². The van der Waals surface area contributed by atoms with Crippen LogP contribution >= 0.6 is 31.9 Å². The molecule has 0 aliphatic heterocycles. The van der Waals surface area contributed by atoms with Gasteiger partial charge in [-0.05, 0) is 67.8 Å². The first-order chi connectivity index (χ1) is 13.6. The lowest BCUT2D eigenvalue weighted by molar-refractivity contribution is -0.137. The van der Waals surface area contributed by atoms with Gasteiger partial charge in [0.05, 0.1) is 20.7 Å². The quantitative estimate of drug-likeness (QED) is 0.365. The average molecular weight is 537 g/mol. The summed E-state index contributed by atoms with van der Waals surface area (Å²) in [7, 11) is 0. The molecule has 2 aromatic rings. The van der Waals surface area contributed by atoms with Gasteiger partial charge in [-0.1, -0.05) is 6.07 Å². The molecule has 0 atom stereocenters. The molecule has 0 radical (unpaired) electrons. The Morgan fingerprint density at radius 2 is 1.69 bits per heavy atom. The van der Waals surface area contributed by atoms with Crippen LogP contribution in [0, 0.1) is 0 Å². The lowest BCUT2D eigenvalue weighted by Gasteiger charge is -2.09. The van der Waals surface area contributed by atoms with Crippen molar-refractivity contribution in [2.75, 3.05) is 5.32 Å². The standard InChI is InChI=1S/C18H14Br2F3N3O3/c19-13-6-10(7-14(20)17(13)29)9-24-26-16(28)5-4-15(27)25-12-3-1-2-11(8-12)18(21,22)23/h1-3,6-9,29H,4-5H2,(H,25,27)(H,26,28). The van der Waals surface area contributed by atoms with E-state index in [9.17, 15) is 27.9 Å². The molecule has 0 spiro atoms. The Labute approximate surface area is 180 Å². The predicted molar refractivity (Wildman–Crippen MR) is 109 cm³/mol. The van der Waals surface area contributed by atoms with E-state index in [2.05, 4.69) is 47.7 Å². The Morgan fingerprint density at radius 3 is 2.31 bits per heavy atom. The Hall–Kier alpha value is -2.40. The fourth-order valence-electron chi connectivity index (χ4n) is 2.12. The first-order valence-electron chi connectivity index (χ1n) is 8.03. The Bertz CT molecular complexity index is 926. The molecule has 0 saturated carbocycles. The molecule has 0 saturated heterocycles. The van der Waals surface area contributed by atoms with Crippen molar-refractivity contribution in [1.82, 2.24) is 5.43 Å². The maximum Gasteiger partial charge on any atom is 0.416 e. The van der Waals surface area contributed by atoms with Gasteiger partial charge in [-0.2, -0.15) is 18.3 Å². The fraction of sp³-hybridized carbons (Fsp3) is 0.167. The van der Waals surface area contributed by atoms with Crippen molar-refractivity contribution in [2.24, 2.45) is 5.10 Å². The smallest absolute Gasteiger partial charge is 0.416 e. The van der Waals surface area contributed by atoms with Gasteiger partial charge >= 0.3 is 6.18 Å². The van der Waals surface area contributed by atoms with Crippen molar-refractivity contribution in [3.63, 3.8) is 0 Å². The van der Waals surface area contributed by atoms with Crippen molar-refractivity contribution >= 4 is 55.6 Å². The first-order valence-corrected chi connectivity index (χ1v) is 9.62. The number of hydrogen-bond acceptors (Lipinski definition) is 4. The van der Waals surface area contributed by atoms with E-state index in [1.165, 1.54) is 18.3 Å². The van der Waals surface area contributed by atoms with E-state index in [-0.39, 0.29) is 24.3 Å². The van der Waals surface area contributed by atoms with Crippen LogP contribution in [0.25, 0.3) is 0 Å². The maximum absolute atomic E-state index is 12.7. The highest BCUT2D eigenvalue weighted by atomic mass is 79.9. The Kier molecular flexibility index (Phi) is 7.80. The van der Waals surface area contributed by atoms with Crippen LogP contribution in [0.5, 0.6) is 5.75 Å². The molecule has 154 valence electrons. The molecule has 0 fully saturated rings. The van der Waals surface area contributed by atoms with Gasteiger partial charge in [0.2, 0.25) is 11.8 Å². The van der Waals surface area contributed by atoms with Crippen LogP contribution in [0.2, 0.25) is 0 Å². The number of halogens is 5. The highest BCUT2D eigenvalue weighted by Gasteiger charge is 2.30. The molecule has 0 unspecified atom stereocenters. The van der Waals surface area contributed by atoms with Gasteiger partial charge in [-0.3, -0.25) is 9.59 Å². The molecule has 29 heavy (non-hydrogen) atoms. The number of aromatic hydroxyl groups is 1. The molecular weight excluding hydrogens is 523 g/mol. The van der Waals surface area contributed by atoms with Crippen molar-refractivity contribution in [2.45, 2.75) is 19.0 Å². The summed E-state index contributed by atoms with van der Waals surface area (Å²) < 4.78 is 38.9. The molecule has 2 rings (SSSR count). The van der Waals surface area contributed by atoms with Crippen molar-refractivity contribution < 1.29 is 27.9 Å². The summed E-state index contributed by atoms with van der Waals surface area (Å²) in [5.41, 5.74) is 1.94. The van der Waals surface area contributed by atoms with Crippen LogP contribution in [0.15, 0.2) is 50.4 Å². The van der Waals surface area contributed by atoms with E-state index in [0.29, 0.717) is 14.5 Å². The van der Waals surface area contributed by atoms with Crippen LogP contribution in [0.1, 0.15) is 24.0 Å². The summed E-state index contributed by atoms with van der Waals surface area (Å²) >= 11 is 6.33. The number of nitrogens with one attached hydrogen (secondary N) is 2. The lowest BCUT2D eigenvalue weighted by Crippen LogP contribution is -2.20. The number of phenolic OH excluding ortho intramolecular Hbond substituents is 1. The first kappa shape index (κ1) is 22.9. The van der Waals surface area contributed by atoms with E-state index in [1.54, 1.807) is 12.1 Å². The number of carbonyl (C=O) groups is 2. The number of rotatable bonds is 6. The summed E-state index contributed by atoms with van der Waals surface area (Å²) in [6.07, 6.45) is -3.60. The second kappa shape index (κ2) is 9.88. The summed E-state index contributed by atoms with van der Waals surface area (Å²) in [5.74, 6) is -1.12. The monoisotopic (exact) mass is 535 g/mol. The van der Waals surface area contributed by atoms with Crippen molar-refractivity contribution in [3.8, 4) is 5.75 Å². The molecule has 3 N–H and O–H groups in total. The van der Waals surface area contributed by atoms with E-state index >= 15 is 0 Å². The number of benzene rings is 2. The number of anilines is 1. The second-order valence-electron chi connectivity index (χ2n) is 5.75. The van der Waals surface area contributed by atoms with Gasteiger partial charge in [0.25, 0.3) is 0 Å². The largest absolute Gasteiger partial charge is 0.506 e. The number of amides is 2. The number of alkyl halides is 3. The molecule has 2 aromatic carbocycles. The zero-order valence-corrected chi connectivity index (χ0v) is 17.7. The fourth-order valence-corrected chi connectivity index (χ4v) is 3.34. The summed E-state index contributed by atoms with van der Waals surface area (Å²) in [5, 5.41) is 15.7. The topological polar surface area (TPSA) is 90.8 Å². The normalized spacial score (nSPS) is 11.5. The maximum atomic E-state index is 12.7. The molecule has 6 nitrogen and oxygen atoms in total. The van der Waals surface area contributed by atoms with Gasteiger partial charge in [0, 0.05) is 18.5 Å². The molecule has 2 amide bonds. The van der Waals surface area contributed by atoms with Gasteiger partial charge in [-0.25, -0.2) is 5.43 Å². The predicted octanol–water partition coefficient (Wildman–Crippen LogP) is 4.81. The molecule has 0 heterocycles. The van der Waals surface area contributed by atoms with Crippen molar-refractivity contribution in [1.29, 1.82) is 0 Å². The van der Waals surface area contributed by atoms with Gasteiger partial charge in [0.1, 0.15) is 5.75 Å². The second-order valence-corrected chi connectivity index (χ2v) is 7.46. The third kappa shape index (κ3) is 7.17. The van der Waals surface area contributed by atoms with E-state index in [1.807, 2.05) is 0 Å². The zero-order valence-electron chi connectivity index (χ0n) is 14.6. The number of hydrogen-bond donors (Lipinski definition) is 3. The van der Waals surface area contributed by atoms with E-state index in [4.69, 9.17) is 0 Å². The molecule has 0 aliphatic rings. The molecular formula is C18H14Br2F3N3O3. The molecule has 0 aromatic heterocycles. The third-order valence-electron chi connectivity index (χ3n) is 3.49. The summed E-state index contributed by atoms with van der Waals surface area (Å²) in [4.78, 5) is 23.6. The van der Waals surface area contributed by atoms with Crippen LogP contribution in [0.3, 0.4) is 0 Å². The zero-order chi connectivity index (χ0) is 21.6. The third-order valence-corrected chi connectivity index (χ3v) is 4.70. The lowest BCUT2D eigenvalue weighted by atomic mass is 10.2. The molecule has 0 aliphatic carbocycles. The van der Waals surface area contributed by atoms with Crippen LogP contribution in [0.4, 0.5) is 18.9 Å². The highest BCUT2D eigenvalue weighted by molar-refractivity contribution is 9.11. The summed E-state index contributed by atoms with van der Waals surface area (Å²) in [6.45, 7) is 0. The minimum atomic E-state index is -4.51. The van der Waals surface area contributed by atoms with Gasteiger partial charge < -0.3 is 10.4 Å². The van der Waals surface area contributed by atoms with E-state index < -0.39 is 23.6 Å². The average Bonchev–Trinajstić information content (AvgIpc) is 2.64. The minimum Gasteiger partial charge on any atom is -0.506 e. The van der Waals surface area contributed by atoms with Crippen LogP contribution in [-0.4, -0.2) is 23.1 Å². The van der Waals surface area contributed by atoms with Crippen LogP contribution < -0.4 is 10.7 Å². The van der Waals surface area contributed by atoms with Gasteiger partial charge in [-0.15, -0.1) is 0 Å². The highest BCUT2D eigenvalue weighted by Crippen LogP contribution is 2.33. The Balaban J connectivity index is 1.82. The van der Waals surface area contributed by atoms with E-state index in [0.717, 1.165) is 12.1 Å². The summed E-state index contributed by atoms with van der Waals surface area (Å²) in [6, 6.07) is 7.38. The number of phenols is 1. The Morgan fingerprint density at radius 1 is 1.07 bits per heavy atom. The minimum absolute atomic E-state index is 0.00765. The molecule has 11 heteroatoms. The van der Waals surface area contributed by atoms with Crippen molar-refractivity contribution in [3.05, 3.63) is 56.5 Å². The number of hydrazone groups is 1. The number of carbonyl (C=O) groups excluding carboxylic acids is 2. The molecule has 0 bridgehead atoms. The number of nitrogens with zero attached hydrogens (tertiary/aromatic N) is 1. The SMILES string of the molecule is O=C(CCC(=O)Nc1cccc(C(F)(F)F)c1)NN=Cc1cc(Br)c(O)c(Br)c1. The van der Waals surface area contributed by atoms with Gasteiger partial charge in [0.15, 0.2) is 0 Å².